The molecule has 1 fully saturated rings. The van der Waals surface area contributed by atoms with E-state index in [1.165, 1.54) is 0 Å². The van der Waals surface area contributed by atoms with Gasteiger partial charge in [0, 0.05) is 0 Å². The first kappa shape index (κ1) is 20.8. The van der Waals surface area contributed by atoms with Gasteiger partial charge in [-0.05, 0) is 54.7 Å². The monoisotopic (exact) mass is 388 g/mol. The van der Waals surface area contributed by atoms with Crippen molar-refractivity contribution in [3.05, 3.63) is 64.7 Å². The Morgan fingerprint density at radius 2 is 1.79 bits per heavy atom. The van der Waals surface area contributed by atoms with Gasteiger partial charge in [0.2, 0.25) is 0 Å². The molecular formula is C22H28O6. The quantitative estimate of drug-likeness (QED) is 0.574. The molecule has 152 valence electrons. The van der Waals surface area contributed by atoms with Crippen LogP contribution in [0, 0.1) is 6.92 Å². The molecule has 6 heteroatoms. The molecule has 6 nitrogen and oxygen atoms in total. The number of aryl methyl sites for hydroxylation is 1. The van der Waals surface area contributed by atoms with E-state index in [1.807, 2.05) is 56.3 Å². The zero-order valence-corrected chi connectivity index (χ0v) is 16.2. The minimum atomic E-state index is -1.26. The number of ether oxygens (including phenoxy) is 2. The summed E-state index contributed by atoms with van der Waals surface area (Å²) in [4.78, 5) is 0. The summed E-state index contributed by atoms with van der Waals surface area (Å²) in [6.45, 7) is 4.05. The first-order valence-corrected chi connectivity index (χ1v) is 9.56. The molecule has 1 aliphatic rings. The Labute approximate surface area is 165 Å². The molecule has 1 aliphatic heterocycles. The zero-order chi connectivity index (χ0) is 20.3. The van der Waals surface area contributed by atoms with Gasteiger partial charge in [-0.1, -0.05) is 30.3 Å². The van der Waals surface area contributed by atoms with Crippen molar-refractivity contribution in [2.24, 2.45) is 0 Å². The van der Waals surface area contributed by atoms with E-state index in [9.17, 15) is 15.3 Å². The van der Waals surface area contributed by atoms with Crippen LogP contribution in [0.1, 0.15) is 35.3 Å². The van der Waals surface area contributed by atoms with Gasteiger partial charge < -0.3 is 29.9 Å². The highest BCUT2D eigenvalue weighted by Crippen LogP contribution is 2.36. The van der Waals surface area contributed by atoms with Crippen LogP contribution in [-0.2, 0) is 11.2 Å². The minimum Gasteiger partial charge on any atom is -0.494 e. The van der Waals surface area contributed by atoms with Gasteiger partial charge in [-0.25, -0.2) is 0 Å². The van der Waals surface area contributed by atoms with E-state index in [2.05, 4.69) is 0 Å². The third kappa shape index (κ3) is 4.37. The van der Waals surface area contributed by atoms with Crippen LogP contribution < -0.4 is 4.74 Å². The van der Waals surface area contributed by atoms with Crippen LogP contribution in [0.5, 0.6) is 5.75 Å². The maximum absolute atomic E-state index is 10.4. The smallest absolute Gasteiger partial charge is 0.119 e. The van der Waals surface area contributed by atoms with Gasteiger partial charge in [-0.3, -0.25) is 0 Å². The first-order valence-electron chi connectivity index (χ1n) is 9.56. The van der Waals surface area contributed by atoms with E-state index in [0.717, 1.165) is 28.0 Å². The third-order valence-corrected chi connectivity index (χ3v) is 5.20. The molecule has 0 spiro atoms. The summed E-state index contributed by atoms with van der Waals surface area (Å²) in [5, 5.41) is 39.5. The van der Waals surface area contributed by atoms with E-state index in [-0.39, 0.29) is 0 Å². The summed E-state index contributed by atoms with van der Waals surface area (Å²) in [7, 11) is 0. The summed E-state index contributed by atoms with van der Waals surface area (Å²) in [6, 6.07) is 13.7. The predicted molar refractivity (Wildman–Crippen MR) is 104 cm³/mol. The average Bonchev–Trinajstić information content (AvgIpc) is 3.00. The highest BCUT2D eigenvalue weighted by Gasteiger charge is 2.46. The number of aliphatic hydroxyl groups is 4. The molecular weight excluding hydrogens is 360 g/mol. The second-order valence-corrected chi connectivity index (χ2v) is 7.19. The minimum absolute atomic E-state index is 0.544. The highest BCUT2D eigenvalue weighted by atomic mass is 16.6. The Balaban J connectivity index is 1.79. The van der Waals surface area contributed by atoms with Gasteiger partial charge in [-0.2, -0.15) is 0 Å². The van der Waals surface area contributed by atoms with Gasteiger partial charge in [-0.15, -0.1) is 0 Å². The summed E-state index contributed by atoms with van der Waals surface area (Å²) < 4.78 is 11.2. The molecule has 4 N–H and O–H groups in total. The van der Waals surface area contributed by atoms with Crippen molar-refractivity contribution in [2.45, 2.75) is 50.8 Å². The van der Waals surface area contributed by atoms with Crippen LogP contribution in [0.2, 0.25) is 0 Å². The number of hydrogen-bond donors (Lipinski definition) is 4. The molecule has 0 unspecified atom stereocenters. The first-order chi connectivity index (χ1) is 13.4. The second kappa shape index (κ2) is 9.03. The number of hydrogen-bond acceptors (Lipinski definition) is 6. The van der Waals surface area contributed by atoms with Crippen LogP contribution in [0.25, 0.3) is 0 Å². The van der Waals surface area contributed by atoms with Crippen molar-refractivity contribution in [3.63, 3.8) is 0 Å². The number of benzene rings is 2. The van der Waals surface area contributed by atoms with Crippen molar-refractivity contribution in [3.8, 4) is 5.75 Å². The van der Waals surface area contributed by atoms with Crippen LogP contribution >= 0.6 is 0 Å². The molecule has 0 bridgehead atoms. The fourth-order valence-electron chi connectivity index (χ4n) is 3.55. The van der Waals surface area contributed by atoms with Gasteiger partial charge in [0.25, 0.3) is 0 Å². The molecule has 1 saturated heterocycles. The third-order valence-electron chi connectivity index (χ3n) is 5.20. The normalized spacial score (nSPS) is 25.6. The Hall–Kier alpha value is -1.96. The number of rotatable bonds is 7. The molecule has 28 heavy (non-hydrogen) atoms. The predicted octanol–water partition coefficient (Wildman–Crippen LogP) is 1.50. The second-order valence-electron chi connectivity index (χ2n) is 7.19. The lowest BCUT2D eigenvalue weighted by atomic mass is 9.94. The van der Waals surface area contributed by atoms with Crippen molar-refractivity contribution >= 4 is 0 Å². The molecule has 0 aliphatic carbocycles. The van der Waals surface area contributed by atoms with Gasteiger partial charge in [0.15, 0.2) is 0 Å². The topological polar surface area (TPSA) is 99.4 Å². The van der Waals surface area contributed by atoms with Gasteiger partial charge in [0.05, 0.1) is 13.2 Å². The summed E-state index contributed by atoms with van der Waals surface area (Å²) >= 11 is 0. The molecule has 0 amide bonds. The maximum Gasteiger partial charge on any atom is 0.119 e. The molecule has 0 aromatic heterocycles. The maximum atomic E-state index is 10.4. The van der Waals surface area contributed by atoms with Crippen molar-refractivity contribution in [1.29, 1.82) is 0 Å². The molecule has 2 aromatic carbocycles. The van der Waals surface area contributed by atoms with Crippen molar-refractivity contribution in [2.75, 3.05) is 13.2 Å². The van der Waals surface area contributed by atoms with Crippen molar-refractivity contribution in [1.82, 2.24) is 0 Å². The lowest BCUT2D eigenvalue weighted by Gasteiger charge is -2.19. The molecule has 3 rings (SSSR count). The summed E-state index contributed by atoms with van der Waals surface area (Å²) in [5.41, 5.74) is 4.05. The van der Waals surface area contributed by atoms with Crippen molar-refractivity contribution < 1.29 is 29.9 Å². The van der Waals surface area contributed by atoms with Crippen LogP contribution in [0.3, 0.4) is 0 Å². The van der Waals surface area contributed by atoms with Gasteiger partial charge in [0.1, 0.15) is 36.3 Å². The Kier molecular flexibility index (Phi) is 6.69. The fraction of sp³-hybridized carbons (Fsp3) is 0.455. The Morgan fingerprint density at radius 3 is 2.43 bits per heavy atom. The van der Waals surface area contributed by atoms with Gasteiger partial charge >= 0.3 is 0 Å². The zero-order valence-electron chi connectivity index (χ0n) is 16.2. The molecule has 0 radical (unpaired) electrons. The standard InChI is InChI=1S/C22H28O6/c1-3-27-17-8-5-14(6-9-17)10-16-11-15(7-4-13(16)2)21-19(25)20(26)22(28-21)18(24)12-23/h4-9,11,18-26H,3,10,12H2,1-2H3/t18-,19+,20+,21-,22+/m0/s1. The summed E-state index contributed by atoms with van der Waals surface area (Å²) in [6.07, 6.45) is -4.76. The van der Waals surface area contributed by atoms with E-state index in [1.54, 1.807) is 0 Å². The molecule has 5 atom stereocenters. The van der Waals surface area contributed by atoms with Crippen LogP contribution in [0.4, 0.5) is 0 Å². The van der Waals surface area contributed by atoms with E-state index >= 15 is 0 Å². The molecule has 2 aromatic rings. The SMILES string of the molecule is CCOc1ccc(Cc2cc([C@@H]3O[C@H]([C@@H](O)CO)[C@H](O)[C@H]3O)ccc2C)cc1. The lowest BCUT2D eigenvalue weighted by Crippen LogP contribution is -2.40. The summed E-state index contributed by atoms with van der Waals surface area (Å²) in [5.74, 6) is 0.835. The van der Waals surface area contributed by atoms with Crippen LogP contribution in [-0.4, -0.2) is 58.1 Å². The highest BCUT2D eigenvalue weighted by molar-refractivity contribution is 5.38. The van der Waals surface area contributed by atoms with Crippen LogP contribution in [0.15, 0.2) is 42.5 Å². The Bertz CT molecular complexity index is 775. The molecule has 1 heterocycles. The fourth-order valence-corrected chi connectivity index (χ4v) is 3.55. The number of aliphatic hydroxyl groups excluding tert-OH is 4. The van der Waals surface area contributed by atoms with E-state index < -0.39 is 37.1 Å². The largest absolute Gasteiger partial charge is 0.494 e. The molecule has 0 saturated carbocycles. The van der Waals surface area contributed by atoms with E-state index in [4.69, 9.17) is 14.6 Å². The van der Waals surface area contributed by atoms with E-state index in [0.29, 0.717) is 13.0 Å². The Morgan fingerprint density at radius 1 is 1.07 bits per heavy atom. The average molecular weight is 388 g/mol. The lowest BCUT2D eigenvalue weighted by molar-refractivity contribution is -0.0820.